The van der Waals surface area contributed by atoms with Crippen molar-refractivity contribution in [1.82, 2.24) is 0 Å². The lowest BCUT2D eigenvalue weighted by molar-refractivity contribution is 0.0379. The van der Waals surface area contributed by atoms with Crippen molar-refractivity contribution in [2.24, 2.45) is 5.92 Å². The molecule has 64 valence electrons. The van der Waals surface area contributed by atoms with Gasteiger partial charge < -0.3 is 5.11 Å². The van der Waals surface area contributed by atoms with Gasteiger partial charge in [0.25, 0.3) is 0 Å². The van der Waals surface area contributed by atoms with Gasteiger partial charge in [-0.2, -0.15) is 0 Å². The summed E-state index contributed by atoms with van der Waals surface area (Å²) in [5, 5.41) is 10.1. The Kier molecular flexibility index (Phi) is 2.38. The number of hydrogen-bond acceptors (Lipinski definition) is 1. The molecule has 0 amide bonds. The minimum atomic E-state index is -0.533. The molecule has 1 nitrogen and oxygen atoms in total. The Balaban J connectivity index is 2.75. The molecule has 0 aliphatic heterocycles. The van der Waals surface area contributed by atoms with Crippen LogP contribution in [-0.4, -0.2) is 10.7 Å². The SMILES string of the molecule is C=C(C)C1(O)CCCC1CC. The fourth-order valence-electron chi connectivity index (χ4n) is 2.16. The van der Waals surface area contributed by atoms with Gasteiger partial charge >= 0.3 is 0 Å². The van der Waals surface area contributed by atoms with E-state index >= 15 is 0 Å². The van der Waals surface area contributed by atoms with E-state index < -0.39 is 5.60 Å². The van der Waals surface area contributed by atoms with Crippen molar-refractivity contribution in [3.8, 4) is 0 Å². The maximum absolute atomic E-state index is 10.1. The van der Waals surface area contributed by atoms with Gasteiger partial charge in [0.05, 0.1) is 5.60 Å². The van der Waals surface area contributed by atoms with E-state index in [9.17, 15) is 5.11 Å². The van der Waals surface area contributed by atoms with Crippen LogP contribution in [0.15, 0.2) is 12.2 Å². The molecule has 2 atom stereocenters. The Morgan fingerprint density at radius 3 is 2.73 bits per heavy atom. The highest BCUT2D eigenvalue weighted by Gasteiger charge is 2.40. The van der Waals surface area contributed by atoms with Crippen molar-refractivity contribution in [1.29, 1.82) is 0 Å². The molecule has 0 heterocycles. The quantitative estimate of drug-likeness (QED) is 0.606. The van der Waals surface area contributed by atoms with E-state index in [0.29, 0.717) is 5.92 Å². The predicted molar refractivity (Wildman–Crippen MR) is 47.4 cm³/mol. The van der Waals surface area contributed by atoms with Crippen LogP contribution in [0.2, 0.25) is 0 Å². The first kappa shape index (κ1) is 8.79. The van der Waals surface area contributed by atoms with Crippen molar-refractivity contribution in [3.05, 3.63) is 12.2 Å². The molecular formula is C10H18O. The fraction of sp³-hybridized carbons (Fsp3) is 0.800. The van der Waals surface area contributed by atoms with Gasteiger partial charge in [0.15, 0.2) is 0 Å². The number of hydrogen-bond donors (Lipinski definition) is 1. The molecule has 1 aliphatic carbocycles. The van der Waals surface area contributed by atoms with Crippen LogP contribution in [0.3, 0.4) is 0 Å². The molecule has 2 unspecified atom stereocenters. The highest BCUT2D eigenvalue weighted by Crippen LogP contribution is 2.41. The van der Waals surface area contributed by atoms with Gasteiger partial charge in [0.1, 0.15) is 0 Å². The highest BCUT2D eigenvalue weighted by molar-refractivity contribution is 5.14. The zero-order chi connectivity index (χ0) is 8.48. The summed E-state index contributed by atoms with van der Waals surface area (Å²) in [6.45, 7) is 7.94. The number of rotatable bonds is 2. The normalized spacial score (nSPS) is 37.5. The zero-order valence-corrected chi connectivity index (χ0v) is 7.56. The average molecular weight is 154 g/mol. The summed E-state index contributed by atoms with van der Waals surface area (Å²) in [5.74, 6) is 0.458. The molecule has 1 aliphatic rings. The molecule has 1 fully saturated rings. The lowest BCUT2D eigenvalue weighted by Gasteiger charge is -2.29. The Hall–Kier alpha value is -0.300. The largest absolute Gasteiger partial charge is 0.385 e. The minimum Gasteiger partial charge on any atom is -0.385 e. The van der Waals surface area contributed by atoms with Gasteiger partial charge in [-0.1, -0.05) is 19.9 Å². The Labute approximate surface area is 69.1 Å². The van der Waals surface area contributed by atoms with E-state index in [1.165, 1.54) is 6.42 Å². The summed E-state index contributed by atoms with van der Waals surface area (Å²) in [6.07, 6.45) is 4.31. The van der Waals surface area contributed by atoms with Crippen LogP contribution in [0.5, 0.6) is 0 Å². The molecule has 0 spiro atoms. The molecule has 1 rings (SSSR count). The fourth-order valence-corrected chi connectivity index (χ4v) is 2.16. The summed E-state index contributed by atoms with van der Waals surface area (Å²) < 4.78 is 0. The molecule has 1 saturated carbocycles. The third-order valence-electron chi connectivity index (χ3n) is 3.02. The minimum absolute atomic E-state index is 0.458. The van der Waals surface area contributed by atoms with Crippen LogP contribution in [0, 0.1) is 5.92 Å². The smallest absolute Gasteiger partial charge is 0.0879 e. The zero-order valence-electron chi connectivity index (χ0n) is 7.56. The summed E-state index contributed by atoms with van der Waals surface area (Å²) >= 11 is 0. The van der Waals surface area contributed by atoms with Crippen LogP contribution in [0.4, 0.5) is 0 Å². The second kappa shape index (κ2) is 2.98. The van der Waals surface area contributed by atoms with Crippen molar-refractivity contribution >= 4 is 0 Å². The number of aliphatic hydroxyl groups is 1. The summed E-state index contributed by atoms with van der Waals surface area (Å²) in [4.78, 5) is 0. The van der Waals surface area contributed by atoms with Crippen molar-refractivity contribution < 1.29 is 5.11 Å². The first-order valence-corrected chi connectivity index (χ1v) is 4.49. The molecule has 0 radical (unpaired) electrons. The topological polar surface area (TPSA) is 20.2 Å². The van der Waals surface area contributed by atoms with E-state index in [1.807, 2.05) is 6.92 Å². The highest BCUT2D eigenvalue weighted by atomic mass is 16.3. The van der Waals surface area contributed by atoms with Crippen LogP contribution in [-0.2, 0) is 0 Å². The Morgan fingerprint density at radius 1 is 1.73 bits per heavy atom. The monoisotopic (exact) mass is 154 g/mol. The molecule has 0 bridgehead atoms. The van der Waals surface area contributed by atoms with Gasteiger partial charge in [-0.25, -0.2) is 0 Å². The maximum Gasteiger partial charge on any atom is 0.0879 e. The lowest BCUT2D eigenvalue weighted by atomic mass is 9.84. The van der Waals surface area contributed by atoms with Gasteiger partial charge in [-0.15, -0.1) is 0 Å². The van der Waals surface area contributed by atoms with E-state index in [-0.39, 0.29) is 0 Å². The molecule has 0 aromatic rings. The van der Waals surface area contributed by atoms with Crippen LogP contribution in [0.1, 0.15) is 39.5 Å². The molecule has 0 aromatic heterocycles. The second-order valence-electron chi connectivity index (χ2n) is 3.70. The van der Waals surface area contributed by atoms with Gasteiger partial charge in [-0.3, -0.25) is 0 Å². The van der Waals surface area contributed by atoms with E-state index in [0.717, 1.165) is 24.8 Å². The van der Waals surface area contributed by atoms with Crippen molar-refractivity contribution in [2.75, 3.05) is 0 Å². The van der Waals surface area contributed by atoms with Gasteiger partial charge in [0.2, 0.25) is 0 Å². The standard InChI is InChI=1S/C10H18O/c1-4-9-6-5-7-10(9,11)8(2)3/h9,11H,2,4-7H2,1,3H3. The third-order valence-corrected chi connectivity index (χ3v) is 3.02. The molecular weight excluding hydrogens is 136 g/mol. The molecule has 0 aromatic carbocycles. The Bertz CT molecular complexity index is 162. The summed E-state index contributed by atoms with van der Waals surface area (Å²) in [6, 6.07) is 0. The Morgan fingerprint density at radius 2 is 2.36 bits per heavy atom. The lowest BCUT2D eigenvalue weighted by Crippen LogP contribution is -2.33. The predicted octanol–water partition coefficient (Wildman–Crippen LogP) is 2.50. The van der Waals surface area contributed by atoms with Crippen LogP contribution < -0.4 is 0 Å². The first-order valence-electron chi connectivity index (χ1n) is 4.49. The van der Waals surface area contributed by atoms with E-state index in [2.05, 4.69) is 13.5 Å². The molecule has 0 saturated heterocycles. The molecule has 11 heavy (non-hydrogen) atoms. The van der Waals surface area contributed by atoms with E-state index in [4.69, 9.17) is 0 Å². The van der Waals surface area contributed by atoms with Crippen molar-refractivity contribution in [2.45, 2.75) is 45.1 Å². The average Bonchev–Trinajstić information content (AvgIpc) is 2.32. The molecule has 1 N–H and O–H groups in total. The van der Waals surface area contributed by atoms with Gasteiger partial charge in [0, 0.05) is 0 Å². The molecule has 1 heteroatoms. The van der Waals surface area contributed by atoms with E-state index in [1.54, 1.807) is 0 Å². The van der Waals surface area contributed by atoms with Gasteiger partial charge in [-0.05, 0) is 37.7 Å². The summed E-state index contributed by atoms with van der Waals surface area (Å²) in [5.41, 5.74) is 0.413. The van der Waals surface area contributed by atoms with Crippen LogP contribution in [0.25, 0.3) is 0 Å². The second-order valence-corrected chi connectivity index (χ2v) is 3.70. The van der Waals surface area contributed by atoms with Crippen molar-refractivity contribution in [3.63, 3.8) is 0 Å². The third kappa shape index (κ3) is 1.34. The summed E-state index contributed by atoms with van der Waals surface area (Å²) in [7, 11) is 0. The maximum atomic E-state index is 10.1. The van der Waals surface area contributed by atoms with Crippen LogP contribution >= 0.6 is 0 Å². The first-order chi connectivity index (χ1) is 5.11.